The zero-order valence-corrected chi connectivity index (χ0v) is 7.14. The van der Waals surface area contributed by atoms with E-state index >= 15 is 0 Å². The molecule has 0 aromatic carbocycles. The van der Waals surface area contributed by atoms with Crippen molar-refractivity contribution in [1.29, 1.82) is 0 Å². The van der Waals surface area contributed by atoms with Gasteiger partial charge >= 0.3 is 0 Å². The van der Waals surface area contributed by atoms with Crippen molar-refractivity contribution >= 4 is 11.3 Å². The highest BCUT2D eigenvalue weighted by molar-refractivity contribution is 7.13. The Morgan fingerprint density at radius 3 is 3.00 bits per heavy atom. The molecule has 2 rings (SSSR count). The van der Waals surface area contributed by atoms with Crippen LogP contribution in [-0.2, 0) is 6.54 Å². The Hall–Kier alpha value is -1.20. The van der Waals surface area contributed by atoms with Gasteiger partial charge in [0.05, 0.1) is 10.4 Å². The van der Waals surface area contributed by atoms with Gasteiger partial charge in [-0.25, -0.2) is 4.98 Å². The van der Waals surface area contributed by atoms with E-state index in [1.165, 1.54) is 0 Å². The zero-order valence-electron chi connectivity index (χ0n) is 6.32. The van der Waals surface area contributed by atoms with Gasteiger partial charge in [-0.15, -0.1) is 11.3 Å². The molecule has 0 aliphatic rings. The standard InChI is InChI=1S/C7H8N4S/c8-1-5-2-10-7(11-5)6-3-9-4-12-6/h2-4H,1,8H2,(H,10,11). The number of aromatic amines is 1. The van der Waals surface area contributed by atoms with Crippen molar-refractivity contribution in [3.63, 3.8) is 0 Å². The lowest BCUT2D eigenvalue weighted by Crippen LogP contribution is -1.95. The lowest BCUT2D eigenvalue weighted by atomic mass is 10.5. The van der Waals surface area contributed by atoms with E-state index in [0.717, 1.165) is 16.4 Å². The van der Waals surface area contributed by atoms with Crippen molar-refractivity contribution in [3.05, 3.63) is 23.6 Å². The first-order chi connectivity index (χ1) is 5.90. The summed E-state index contributed by atoms with van der Waals surface area (Å²) in [5, 5.41) is 0. The van der Waals surface area contributed by atoms with Gasteiger partial charge in [0.25, 0.3) is 0 Å². The fourth-order valence-corrected chi connectivity index (χ4v) is 1.49. The highest BCUT2D eigenvalue weighted by atomic mass is 32.1. The van der Waals surface area contributed by atoms with Crippen molar-refractivity contribution in [2.24, 2.45) is 5.73 Å². The van der Waals surface area contributed by atoms with Gasteiger partial charge in [-0.2, -0.15) is 0 Å². The van der Waals surface area contributed by atoms with E-state index in [9.17, 15) is 0 Å². The molecule has 0 atom stereocenters. The van der Waals surface area contributed by atoms with Crippen LogP contribution < -0.4 is 5.73 Å². The molecule has 0 aliphatic heterocycles. The number of hydrogen-bond donors (Lipinski definition) is 2. The van der Waals surface area contributed by atoms with Crippen molar-refractivity contribution in [2.75, 3.05) is 0 Å². The molecule has 0 aliphatic carbocycles. The molecular weight excluding hydrogens is 172 g/mol. The molecule has 62 valence electrons. The van der Waals surface area contributed by atoms with Crippen LogP contribution in [0.5, 0.6) is 0 Å². The van der Waals surface area contributed by atoms with Crippen molar-refractivity contribution in [1.82, 2.24) is 15.0 Å². The van der Waals surface area contributed by atoms with E-state index in [2.05, 4.69) is 15.0 Å². The van der Waals surface area contributed by atoms with Gasteiger partial charge in [0, 0.05) is 24.6 Å². The molecule has 4 nitrogen and oxygen atoms in total. The predicted octanol–water partition coefficient (Wildman–Crippen LogP) is 0.992. The fourth-order valence-electron chi connectivity index (χ4n) is 0.921. The quantitative estimate of drug-likeness (QED) is 0.724. The lowest BCUT2D eigenvalue weighted by molar-refractivity contribution is 1.01. The minimum Gasteiger partial charge on any atom is -0.340 e. The van der Waals surface area contributed by atoms with Crippen molar-refractivity contribution in [3.8, 4) is 10.7 Å². The molecule has 0 amide bonds. The molecule has 0 fully saturated rings. The number of H-pyrrole nitrogens is 1. The second-order valence-corrected chi connectivity index (χ2v) is 3.21. The summed E-state index contributed by atoms with van der Waals surface area (Å²) < 4.78 is 0. The van der Waals surface area contributed by atoms with E-state index < -0.39 is 0 Å². The van der Waals surface area contributed by atoms with Gasteiger partial charge in [0.1, 0.15) is 5.82 Å². The summed E-state index contributed by atoms with van der Waals surface area (Å²) in [4.78, 5) is 12.3. The smallest absolute Gasteiger partial charge is 0.149 e. The van der Waals surface area contributed by atoms with Gasteiger partial charge in [-0.05, 0) is 0 Å². The van der Waals surface area contributed by atoms with Crippen LogP contribution in [0.2, 0.25) is 0 Å². The largest absolute Gasteiger partial charge is 0.340 e. The first-order valence-electron chi connectivity index (χ1n) is 3.53. The Labute approximate surface area is 73.5 Å². The Morgan fingerprint density at radius 1 is 1.50 bits per heavy atom. The van der Waals surface area contributed by atoms with Crippen LogP contribution in [0.15, 0.2) is 17.9 Å². The van der Waals surface area contributed by atoms with Crippen LogP contribution >= 0.6 is 11.3 Å². The van der Waals surface area contributed by atoms with E-state index in [4.69, 9.17) is 5.73 Å². The molecule has 0 spiro atoms. The van der Waals surface area contributed by atoms with Gasteiger partial charge in [0.15, 0.2) is 0 Å². The molecule has 0 radical (unpaired) electrons. The monoisotopic (exact) mass is 180 g/mol. The Morgan fingerprint density at radius 2 is 2.42 bits per heavy atom. The highest BCUT2D eigenvalue weighted by Crippen LogP contribution is 2.18. The normalized spacial score (nSPS) is 10.4. The molecule has 0 bridgehead atoms. The van der Waals surface area contributed by atoms with Crippen LogP contribution in [0.1, 0.15) is 5.69 Å². The third-order valence-corrected chi connectivity index (χ3v) is 2.29. The first-order valence-corrected chi connectivity index (χ1v) is 4.41. The molecule has 0 saturated heterocycles. The lowest BCUT2D eigenvalue weighted by Gasteiger charge is -1.87. The predicted molar refractivity (Wildman–Crippen MR) is 47.6 cm³/mol. The summed E-state index contributed by atoms with van der Waals surface area (Å²) in [6, 6.07) is 0. The number of nitrogens with two attached hydrogens (primary N) is 1. The summed E-state index contributed by atoms with van der Waals surface area (Å²) in [5.74, 6) is 0.845. The molecular formula is C7H8N4S. The van der Waals surface area contributed by atoms with E-state index in [1.807, 2.05) is 0 Å². The zero-order chi connectivity index (χ0) is 8.39. The number of imidazole rings is 1. The average molecular weight is 180 g/mol. The summed E-state index contributed by atoms with van der Waals surface area (Å²) in [7, 11) is 0. The molecule has 5 heteroatoms. The van der Waals surface area contributed by atoms with Crippen LogP contribution in [0.3, 0.4) is 0 Å². The number of thiazole rings is 1. The van der Waals surface area contributed by atoms with E-state index in [0.29, 0.717) is 6.54 Å². The summed E-state index contributed by atoms with van der Waals surface area (Å²) in [6.45, 7) is 0.492. The molecule has 2 aromatic heterocycles. The molecule has 2 aromatic rings. The van der Waals surface area contributed by atoms with Crippen LogP contribution in [0.4, 0.5) is 0 Å². The Kier molecular flexibility index (Phi) is 1.89. The number of hydrogen-bond acceptors (Lipinski definition) is 4. The maximum Gasteiger partial charge on any atom is 0.149 e. The first kappa shape index (κ1) is 7.45. The third kappa shape index (κ3) is 1.24. The van der Waals surface area contributed by atoms with Crippen LogP contribution in [-0.4, -0.2) is 15.0 Å². The van der Waals surface area contributed by atoms with E-state index in [-0.39, 0.29) is 0 Å². The second-order valence-electron chi connectivity index (χ2n) is 2.33. The molecule has 0 unspecified atom stereocenters. The molecule has 0 saturated carbocycles. The van der Waals surface area contributed by atoms with Crippen LogP contribution in [0.25, 0.3) is 10.7 Å². The van der Waals surface area contributed by atoms with Crippen LogP contribution in [0, 0.1) is 0 Å². The fraction of sp³-hybridized carbons (Fsp3) is 0.143. The number of nitrogens with zero attached hydrogens (tertiary/aromatic N) is 2. The average Bonchev–Trinajstić information content (AvgIpc) is 2.75. The van der Waals surface area contributed by atoms with Gasteiger partial charge < -0.3 is 10.7 Å². The summed E-state index contributed by atoms with van der Waals surface area (Å²) in [5.41, 5.74) is 8.15. The summed E-state index contributed by atoms with van der Waals surface area (Å²) >= 11 is 1.55. The SMILES string of the molecule is NCc1cnc(-c2cncs2)[nH]1. The third-order valence-electron chi connectivity index (χ3n) is 1.51. The van der Waals surface area contributed by atoms with E-state index in [1.54, 1.807) is 29.2 Å². The second kappa shape index (κ2) is 3.04. The maximum atomic E-state index is 5.43. The minimum absolute atomic E-state index is 0.492. The summed E-state index contributed by atoms with van der Waals surface area (Å²) in [6.07, 6.45) is 3.53. The van der Waals surface area contributed by atoms with Gasteiger partial charge in [0.2, 0.25) is 0 Å². The topological polar surface area (TPSA) is 67.6 Å². The number of nitrogens with one attached hydrogen (secondary N) is 1. The highest BCUT2D eigenvalue weighted by Gasteiger charge is 2.02. The number of rotatable bonds is 2. The Balaban J connectivity index is 2.35. The molecule has 3 N–H and O–H groups in total. The Bertz CT molecular complexity index is 351. The van der Waals surface area contributed by atoms with Gasteiger partial charge in [-0.1, -0.05) is 0 Å². The maximum absolute atomic E-state index is 5.43. The van der Waals surface area contributed by atoms with Crippen molar-refractivity contribution < 1.29 is 0 Å². The van der Waals surface area contributed by atoms with Crippen molar-refractivity contribution in [2.45, 2.75) is 6.54 Å². The molecule has 12 heavy (non-hydrogen) atoms. The number of aromatic nitrogens is 3. The van der Waals surface area contributed by atoms with Gasteiger partial charge in [-0.3, -0.25) is 4.98 Å². The molecule has 2 heterocycles. The minimum atomic E-state index is 0.492.